The van der Waals surface area contributed by atoms with Crippen LogP contribution in [0.2, 0.25) is 0 Å². The molecule has 1 amide bonds. The second-order valence-corrected chi connectivity index (χ2v) is 5.09. The first-order valence-electron chi connectivity index (χ1n) is 7.06. The number of rotatable bonds is 6. The zero-order chi connectivity index (χ0) is 14.4. The normalized spacial score (nSPS) is 12.5. The quantitative estimate of drug-likeness (QED) is 0.855. The van der Waals surface area contributed by atoms with Crippen molar-refractivity contribution in [1.29, 1.82) is 0 Å². The minimum Gasteiger partial charge on any atom is -0.348 e. The molecule has 0 aliphatic rings. The van der Waals surface area contributed by atoms with Crippen molar-refractivity contribution in [3.8, 4) is 0 Å². The van der Waals surface area contributed by atoms with Crippen molar-refractivity contribution in [3.63, 3.8) is 0 Å². The zero-order valence-corrected chi connectivity index (χ0v) is 12.8. The third-order valence-electron chi connectivity index (χ3n) is 3.67. The summed E-state index contributed by atoms with van der Waals surface area (Å²) < 4.78 is 0. The zero-order valence-electron chi connectivity index (χ0n) is 12.8. The van der Waals surface area contributed by atoms with Gasteiger partial charge in [-0.25, -0.2) is 0 Å². The van der Waals surface area contributed by atoms with Crippen LogP contribution in [-0.4, -0.2) is 30.4 Å². The van der Waals surface area contributed by atoms with Crippen molar-refractivity contribution >= 4 is 5.91 Å². The number of amides is 1. The number of aryl methyl sites for hydroxylation is 2. The topological polar surface area (TPSA) is 32.3 Å². The summed E-state index contributed by atoms with van der Waals surface area (Å²) in [6.07, 6.45) is 0. The molecule has 0 fully saturated rings. The van der Waals surface area contributed by atoms with Crippen LogP contribution in [0.4, 0.5) is 0 Å². The first kappa shape index (κ1) is 15.7. The van der Waals surface area contributed by atoms with E-state index in [0.29, 0.717) is 6.54 Å². The Morgan fingerprint density at radius 3 is 2.37 bits per heavy atom. The molecule has 0 unspecified atom stereocenters. The van der Waals surface area contributed by atoms with Gasteiger partial charge in [-0.05, 0) is 50.6 Å². The third kappa shape index (κ3) is 4.67. The molecule has 3 heteroatoms. The molecule has 0 spiro atoms. The fourth-order valence-corrected chi connectivity index (χ4v) is 2.05. The van der Waals surface area contributed by atoms with Crippen LogP contribution in [0, 0.1) is 13.8 Å². The van der Waals surface area contributed by atoms with E-state index in [0.717, 1.165) is 18.7 Å². The molecule has 0 bridgehead atoms. The number of nitrogens with one attached hydrogen (secondary N) is 1. The fourth-order valence-electron chi connectivity index (χ4n) is 2.05. The fraction of sp³-hybridized carbons (Fsp3) is 0.562. The number of hydrogen-bond acceptors (Lipinski definition) is 2. The van der Waals surface area contributed by atoms with Gasteiger partial charge in [0.05, 0.1) is 12.6 Å². The lowest BCUT2D eigenvalue weighted by Gasteiger charge is -2.20. The highest BCUT2D eigenvalue weighted by Gasteiger charge is 2.12. The van der Waals surface area contributed by atoms with E-state index in [1.165, 1.54) is 11.1 Å². The molecule has 0 saturated carbocycles. The Kier molecular flexibility index (Phi) is 6.03. The molecule has 1 N–H and O–H groups in total. The molecule has 1 atom stereocenters. The minimum absolute atomic E-state index is 0.0577. The smallest absolute Gasteiger partial charge is 0.234 e. The number of carbonyl (C=O) groups excluding carboxylic acids is 1. The lowest BCUT2D eigenvalue weighted by atomic mass is 10.0. The van der Waals surface area contributed by atoms with E-state index < -0.39 is 0 Å². The molecule has 0 aliphatic carbocycles. The summed E-state index contributed by atoms with van der Waals surface area (Å²) in [7, 11) is 0. The molecule has 1 rings (SSSR count). The molecule has 0 radical (unpaired) electrons. The second-order valence-electron chi connectivity index (χ2n) is 5.09. The molecule has 1 aromatic carbocycles. The summed E-state index contributed by atoms with van der Waals surface area (Å²) in [5, 5.41) is 3.06. The van der Waals surface area contributed by atoms with Crippen LogP contribution in [0.5, 0.6) is 0 Å². The van der Waals surface area contributed by atoms with Crippen molar-refractivity contribution in [2.24, 2.45) is 0 Å². The van der Waals surface area contributed by atoms with E-state index in [1.54, 1.807) is 0 Å². The summed E-state index contributed by atoms with van der Waals surface area (Å²) >= 11 is 0. The maximum Gasteiger partial charge on any atom is 0.234 e. The summed E-state index contributed by atoms with van der Waals surface area (Å²) in [6, 6.07) is 6.41. The lowest BCUT2D eigenvalue weighted by molar-refractivity contribution is -0.122. The van der Waals surface area contributed by atoms with Crippen molar-refractivity contribution < 1.29 is 4.79 Å². The van der Waals surface area contributed by atoms with Gasteiger partial charge in [-0.2, -0.15) is 0 Å². The maximum absolute atomic E-state index is 12.0. The Labute approximate surface area is 117 Å². The molecule has 0 aliphatic heterocycles. The highest BCUT2D eigenvalue weighted by Crippen LogP contribution is 2.16. The lowest BCUT2D eigenvalue weighted by Crippen LogP contribution is -2.38. The van der Waals surface area contributed by atoms with Gasteiger partial charge in [0.15, 0.2) is 0 Å². The van der Waals surface area contributed by atoms with Gasteiger partial charge in [-0.15, -0.1) is 0 Å². The van der Waals surface area contributed by atoms with Crippen LogP contribution in [0.15, 0.2) is 18.2 Å². The SMILES string of the molecule is CCN(CC)CC(=O)N[C@H](C)c1ccc(C)c(C)c1. The van der Waals surface area contributed by atoms with E-state index in [1.807, 2.05) is 6.92 Å². The van der Waals surface area contributed by atoms with Crippen LogP contribution < -0.4 is 5.32 Å². The predicted molar refractivity (Wildman–Crippen MR) is 80.3 cm³/mol. The predicted octanol–water partition coefficient (Wildman–Crippen LogP) is 2.82. The number of likely N-dealkylation sites (N-methyl/N-ethyl adjacent to an activating group) is 1. The maximum atomic E-state index is 12.0. The molecule has 0 aromatic heterocycles. The minimum atomic E-state index is 0.0577. The van der Waals surface area contributed by atoms with E-state index in [4.69, 9.17) is 0 Å². The molecule has 3 nitrogen and oxygen atoms in total. The van der Waals surface area contributed by atoms with Gasteiger partial charge in [0.2, 0.25) is 5.91 Å². The van der Waals surface area contributed by atoms with Crippen molar-refractivity contribution in [1.82, 2.24) is 10.2 Å². The van der Waals surface area contributed by atoms with Gasteiger partial charge >= 0.3 is 0 Å². The average Bonchev–Trinajstić information content (AvgIpc) is 2.38. The van der Waals surface area contributed by atoms with Crippen LogP contribution in [0.1, 0.15) is 43.5 Å². The van der Waals surface area contributed by atoms with E-state index in [2.05, 4.69) is 56.1 Å². The largest absolute Gasteiger partial charge is 0.348 e. The average molecular weight is 262 g/mol. The molecule has 1 aromatic rings. The van der Waals surface area contributed by atoms with Gasteiger partial charge in [0.25, 0.3) is 0 Å². The molecule has 19 heavy (non-hydrogen) atoms. The van der Waals surface area contributed by atoms with Gasteiger partial charge < -0.3 is 5.32 Å². The molecule has 0 heterocycles. The molecule has 106 valence electrons. The van der Waals surface area contributed by atoms with Gasteiger partial charge in [0.1, 0.15) is 0 Å². The number of nitrogens with zero attached hydrogens (tertiary/aromatic N) is 1. The van der Waals surface area contributed by atoms with Gasteiger partial charge in [-0.3, -0.25) is 9.69 Å². The number of benzene rings is 1. The Bertz CT molecular complexity index is 425. The van der Waals surface area contributed by atoms with Crippen LogP contribution >= 0.6 is 0 Å². The molecule has 0 saturated heterocycles. The monoisotopic (exact) mass is 262 g/mol. The first-order chi connectivity index (χ1) is 8.97. The third-order valence-corrected chi connectivity index (χ3v) is 3.67. The van der Waals surface area contributed by atoms with E-state index >= 15 is 0 Å². The van der Waals surface area contributed by atoms with Crippen molar-refractivity contribution in [2.45, 2.75) is 40.7 Å². The summed E-state index contributed by atoms with van der Waals surface area (Å²) in [6.45, 7) is 12.7. The Morgan fingerprint density at radius 2 is 1.84 bits per heavy atom. The highest BCUT2D eigenvalue weighted by atomic mass is 16.2. The Morgan fingerprint density at radius 1 is 1.21 bits per heavy atom. The van der Waals surface area contributed by atoms with Gasteiger partial charge in [0, 0.05) is 0 Å². The van der Waals surface area contributed by atoms with E-state index in [-0.39, 0.29) is 11.9 Å². The molecular weight excluding hydrogens is 236 g/mol. The second kappa shape index (κ2) is 7.29. The summed E-state index contributed by atoms with van der Waals surface area (Å²) in [4.78, 5) is 14.1. The van der Waals surface area contributed by atoms with Crippen LogP contribution in [0.25, 0.3) is 0 Å². The standard InChI is InChI=1S/C16H26N2O/c1-6-18(7-2)11-16(19)17-14(5)15-9-8-12(3)13(4)10-15/h8-10,14H,6-7,11H2,1-5H3,(H,17,19)/t14-/m1/s1. The number of hydrogen-bond donors (Lipinski definition) is 1. The summed E-state index contributed by atoms with van der Waals surface area (Å²) in [5.41, 5.74) is 3.71. The van der Waals surface area contributed by atoms with Crippen LogP contribution in [-0.2, 0) is 4.79 Å². The van der Waals surface area contributed by atoms with E-state index in [9.17, 15) is 4.79 Å². The van der Waals surface area contributed by atoms with Crippen molar-refractivity contribution in [3.05, 3.63) is 34.9 Å². The Hall–Kier alpha value is -1.35. The Balaban J connectivity index is 2.61. The number of carbonyl (C=O) groups is 1. The van der Waals surface area contributed by atoms with Crippen molar-refractivity contribution in [2.75, 3.05) is 19.6 Å². The van der Waals surface area contributed by atoms with Crippen LogP contribution in [0.3, 0.4) is 0 Å². The highest BCUT2D eigenvalue weighted by molar-refractivity contribution is 5.78. The molecular formula is C16H26N2O. The van der Waals surface area contributed by atoms with Gasteiger partial charge in [-0.1, -0.05) is 32.0 Å². The first-order valence-corrected chi connectivity index (χ1v) is 7.06. The summed E-state index contributed by atoms with van der Waals surface area (Å²) in [5.74, 6) is 0.0921.